The zero-order valence-corrected chi connectivity index (χ0v) is 6.75. The normalized spacial score (nSPS) is 12.3. The Bertz CT molecular complexity index is 370. The molecule has 0 aliphatic heterocycles. The molecule has 8 heteroatoms. The van der Waals surface area contributed by atoms with Gasteiger partial charge in [0.05, 0.1) is 5.56 Å². The Balaban J connectivity index is 3.44. The van der Waals surface area contributed by atoms with Crippen molar-refractivity contribution < 1.29 is 30.7 Å². The molecule has 0 aliphatic rings. The first-order chi connectivity index (χ1) is 6.75. The van der Waals surface area contributed by atoms with Crippen LogP contribution in [-0.2, 0) is 6.18 Å². The van der Waals surface area contributed by atoms with Gasteiger partial charge in [0, 0.05) is 6.20 Å². The largest absolute Gasteiger partial charge is 0.423 e. The highest BCUT2D eigenvalue weighted by Crippen LogP contribution is 2.35. The molecule has 0 N–H and O–H groups in total. The van der Waals surface area contributed by atoms with Crippen molar-refractivity contribution in [1.29, 1.82) is 0 Å². The summed E-state index contributed by atoms with van der Waals surface area (Å²) < 4.78 is 85.2. The highest BCUT2D eigenvalue weighted by Gasteiger charge is 2.40. The fourth-order valence-electron chi connectivity index (χ4n) is 0.876. The van der Waals surface area contributed by atoms with Crippen molar-refractivity contribution in [2.24, 2.45) is 0 Å². The number of hydrogen-bond acceptors (Lipinski definition) is 1. The summed E-state index contributed by atoms with van der Waals surface area (Å²) in [7, 11) is 0. The van der Waals surface area contributed by atoms with Gasteiger partial charge in [0.15, 0.2) is 5.82 Å². The molecule has 0 amide bonds. The molecule has 0 aromatic carbocycles. The van der Waals surface area contributed by atoms with Crippen LogP contribution in [0.1, 0.15) is 17.6 Å². The summed E-state index contributed by atoms with van der Waals surface area (Å²) in [6.45, 7) is 0. The molecule has 0 aliphatic carbocycles. The molecule has 0 fully saturated rings. The zero-order chi connectivity index (χ0) is 11.8. The number of pyridine rings is 1. The van der Waals surface area contributed by atoms with Crippen molar-refractivity contribution in [3.05, 3.63) is 29.1 Å². The van der Waals surface area contributed by atoms with Crippen LogP contribution >= 0.6 is 0 Å². The molecular weight excluding hydrogens is 231 g/mol. The minimum atomic E-state index is -5.40. The summed E-state index contributed by atoms with van der Waals surface area (Å²) in [6.07, 6.45) is -8.85. The Morgan fingerprint density at radius 2 is 1.67 bits per heavy atom. The monoisotopic (exact) mass is 233 g/mol. The first kappa shape index (κ1) is 11.7. The van der Waals surface area contributed by atoms with E-state index >= 15 is 0 Å². The van der Waals surface area contributed by atoms with Crippen molar-refractivity contribution in [2.75, 3.05) is 0 Å². The highest BCUT2D eigenvalue weighted by molar-refractivity contribution is 5.25. The van der Waals surface area contributed by atoms with E-state index in [9.17, 15) is 30.7 Å². The number of alkyl halides is 5. The molecule has 1 heterocycles. The molecule has 0 bridgehead atoms. The van der Waals surface area contributed by atoms with Crippen LogP contribution in [0.3, 0.4) is 0 Å². The predicted octanol–water partition coefficient (Wildman–Crippen LogP) is 3.32. The average molecular weight is 233 g/mol. The SMILES string of the molecule is Fc1ncc(C(F)F)c(F)c1C(F)(F)F. The molecule has 0 radical (unpaired) electrons. The summed E-state index contributed by atoms with van der Waals surface area (Å²) in [5.74, 6) is -4.49. The standard InChI is InChI=1S/C7H2F7N/c8-4-2(5(9)10)1-15-6(11)3(4)7(12,13)14/h1,5H. The predicted molar refractivity (Wildman–Crippen MR) is 34.1 cm³/mol. The van der Waals surface area contributed by atoms with Gasteiger partial charge in [-0.2, -0.15) is 17.6 Å². The van der Waals surface area contributed by atoms with E-state index in [-0.39, 0.29) is 6.20 Å². The fraction of sp³-hybridized carbons (Fsp3) is 0.286. The second kappa shape index (κ2) is 3.67. The lowest BCUT2D eigenvalue weighted by molar-refractivity contribution is -0.143. The van der Waals surface area contributed by atoms with Gasteiger partial charge >= 0.3 is 6.18 Å². The maximum absolute atomic E-state index is 12.8. The maximum Gasteiger partial charge on any atom is 0.423 e. The van der Waals surface area contributed by atoms with Crippen LogP contribution in [0.4, 0.5) is 30.7 Å². The van der Waals surface area contributed by atoms with Gasteiger partial charge in [-0.1, -0.05) is 0 Å². The van der Waals surface area contributed by atoms with Crippen LogP contribution in [0.5, 0.6) is 0 Å². The molecule has 0 saturated carbocycles. The van der Waals surface area contributed by atoms with E-state index in [1.165, 1.54) is 0 Å². The van der Waals surface area contributed by atoms with Gasteiger partial charge in [-0.3, -0.25) is 0 Å². The minimum Gasteiger partial charge on any atom is -0.227 e. The molecule has 0 unspecified atom stereocenters. The Hall–Kier alpha value is -1.34. The third kappa shape index (κ3) is 2.18. The van der Waals surface area contributed by atoms with Gasteiger partial charge < -0.3 is 0 Å². The quantitative estimate of drug-likeness (QED) is 0.535. The average Bonchev–Trinajstić information content (AvgIpc) is 2.00. The summed E-state index contributed by atoms with van der Waals surface area (Å²) in [5, 5.41) is 0. The third-order valence-corrected chi connectivity index (χ3v) is 1.51. The highest BCUT2D eigenvalue weighted by atomic mass is 19.4. The minimum absolute atomic E-state index is 0.0323. The van der Waals surface area contributed by atoms with Crippen LogP contribution in [0, 0.1) is 11.8 Å². The van der Waals surface area contributed by atoms with E-state index in [1.807, 2.05) is 0 Å². The first-order valence-electron chi connectivity index (χ1n) is 3.44. The molecule has 0 atom stereocenters. The molecule has 0 saturated heterocycles. The lowest BCUT2D eigenvalue weighted by Crippen LogP contribution is -2.14. The maximum atomic E-state index is 12.8. The van der Waals surface area contributed by atoms with E-state index in [0.29, 0.717) is 0 Å². The van der Waals surface area contributed by atoms with Crippen molar-refractivity contribution >= 4 is 0 Å². The molecule has 0 spiro atoms. The Labute approximate surface area is 78.5 Å². The molecule has 1 rings (SSSR count). The molecule has 1 aromatic rings. The van der Waals surface area contributed by atoms with Crippen molar-refractivity contribution in [2.45, 2.75) is 12.6 Å². The van der Waals surface area contributed by atoms with E-state index in [2.05, 4.69) is 4.98 Å². The fourth-order valence-corrected chi connectivity index (χ4v) is 0.876. The Morgan fingerprint density at radius 3 is 2.07 bits per heavy atom. The number of hydrogen-bond donors (Lipinski definition) is 0. The smallest absolute Gasteiger partial charge is 0.227 e. The zero-order valence-electron chi connectivity index (χ0n) is 6.75. The summed E-state index contributed by atoms with van der Waals surface area (Å²) in [4.78, 5) is 2.42. The van der Waals surface area contributed by atoms with Gasteiger partial charge in [-0.05, 0) is 0 Å². The van der Waals surface area contributed by atoms with Crippen molar-refractivity contribution in [3.8, 4) is 0 Å². The topological polar surface area (TPSA) is 12.9 Å². The van der Waals surface area contributed by atoms with Gasteiger partial charge in [0.25, 0.3) is 6.43 Å². The lowest BCUT2D eigenvalue weighted by Gasteiger charge is -2.10. The number of aromatic nitrogens is 1. The summed E-state index contributed by atoms with van der Waals surface area (Å²) in [6, 6.07) is 0. The van der Waals surface area contributed by atoms with E-state index in [1.54, 1.807) is 0 Å². The molecule has 1 aromatic heterocycles. The van der Waals surface area contributed by atoms with Crippen LogP contribution in [0.25, 0.3) is 0 Å². The number of halogens is 7. The van der Waals surface area contributed by atoms with Gasteiger partial charge in [-0.15, -0.1) is 0 Å². The van der Waals surface area contributed by atoms with E-state index < -0.39 is 35.5 Å². The van der Waals surface area contributed by atoms with Crippen molar-refractivity contribution in [1.82, 2.24) is 4.98 Å². The van der Waals surface area contributed by atoms with Gasteiger partial charge in [0.1, 0.15) is 5.56 Å². The molecular formula is C7H2F7N. The third-order valence-electron chi connectivity index (χ3n) is 1.51. The van der Waals surface area contributed by atoms with Crippen LogP contribution in [0.15, 0.2) is 6.20 Å². The Morgan fingerprint density at radius 1 is 1.13 bits per heavy atom. The van der Waals surface area contributed by atoms with Crippen LogP contribution in [0.2, 0.25) is 0 Å². The van der Waals surface area contributed by atoms with E-state index in [0.717, 1.165) is 0 Å². The summed E-state index contributed by atoms with van der Waals surface area (Å²) in [5.41, 5.74) is -3.98. The summed E-state index contributed by atoms with van der Waals surface area (Å²) >= 11 is 0. The van der Waals surface area contributed by atoms with E-state index in [4.69, 9.17) is 0 Å². The molecule has 1 nitrogen and oxygen atoms in total. The van der Waals surface area contributed by atoms with Gasteiger partial charge in [0.2, 0.25) is 5.95 Å². The number of rotatable bonds is 1. The molecule has 15 heavy (non-hydrogen) atoms. The molecule has 84 valence electrons. The first-order valence-corrected chi connectivity index (χ1v) is 3.44. The Kier molecular flexibility index (Phi) is 2.87. The lowest BCUT2D eigenvalue weighted by atomic mass is 10.2. The second-order valence-corrected chi connectivity index (χ2v) is 2.49. The van der Waals surface area contributed by atoms with Crippen molar-refractivity contribution in [3.63, 3.8) is 0 Å². The van der Waals surface area contributed by atoms with Gasteiger partial charge in [-0.25, -0.2) is 18.2 Å². The second-order valence-electron chi connectivity index (χ2n) is 2.49. The van der Waals surface area contributed by atoms with Crippen LogP contribution < -0.4 is 0 Å². The van der Waals surface area contributed by atoms with Crippen LogP contribution in [-0.4, -0.2) is 4.98 Å². The number of nitrogens with zero attached hydrogens (tertiary/aromatic N) is 1.